The Morgan fingerprint density at radius 3 is 2.55 bits per heavy atom. The molecule has 6 heteroatoms. The van der Waals surface area contributed by atoms with E-state index in [0.29, 0.717) is 38.7 Å². The Balaban J connectivity index is 1.69. The molecule has 1 heterocycles. The van der Waals surface area contributed by atoms with Gasteiger partial charge in [-0.15, -0.1) is 0 Å². The number of rotatable bonds is 2. The molecule has 0 aromatic heterocycles. The number of nitrogens with two attached hydrogens (primary N) is 1. The van der Waals surface area contributed by atoms with Crippen molar-refractivity contribution in [1.82, 2.24) is 4.90 Å². The van der Waals surface area contributed by atoms with Gasteiger partial charge in [0.2, 0.25) is 0 Å². The first-order chi connectivity index (χ1) is 9.66. The lowest BCUT2D eigenvalue weighted by Crippen LogP contribution is -2.45. The van der Waals surface area contributed by atoms with Crippen molar-refractivity contribution < 1.29 is 13.5 Å². The summed E-state index contributed by atoms with van der Waals surface area (Å²) in [5.74, 6) is -0.761. The van der Waals surface area contributed by atoms with Gasteiger partial charge in [-0.2, -0.15) is 0 Å². The van der Waals surface area contributed by atoms with E-state index in [1.165, 1.54) is 18.2 Å². The van der Waals surface area contributed by atoms with Crippen LogP contribution in [0, 0.1) is 11.6 Å². The van der Waals surface area contributed by atoms with Crippen LogP contribution in [0.4, 0.5) is 8.78 Å². The highest BCUT2D eigenvalue weighted by Crippen LogP contribution is 2.45. The lowest BCUT2D eigenvalue weighted by Gasteiger charge is -2.27. The van der Waals surface area contributed by atoms with E-state index < -0.39 is 11.6 Å². The molecule has 1 saturated heterocycles. The highest BCUT2D eigenvalue weighted by molar-refractivity contribution is 5.78. The van der Waals surface area contributed by atoms with Crippen LogP contribution in [0.2, 0.25) is 0 Å². The zero-order valence-corrected chi connectivity index (χ0v) is 11.1. The molecule has 1 aliphatic carbocycles. The van der Waals surface area contributed by atoms with Gasteiger partial charge >= 0.3 is 0 Å². The van der Waals surface area contributed by atoms with Crippen molar-refractivity contribution in [2.75, 3.05) is 26.3 Å². The summed E-state index contributed by atoms with van der Waals surface area (Å²) in [7, 11) is 0. The Hall–Kier alpha value is -1.69. The normalized spacial score (nSPS) is 26.7. The van der Waals surface area contributed by atoms with E-state index >= 15 is 0 Å². The maximum atomic E-state index is 13.7. The molecule has 0 amide bonds. The molecule has 0 bridgehead atoms. The Morgan fingerprint density at radius 1 is 1.25 bits per heavy atom. The van der Waals surface area contributed by atoms with Gasteiger partial charge in [0.25, 0.3) is 0 Å². The first-order valence-electron chi connectivity index (χ1n) is 6.76. The summed E-state index contributed by atoms with van der Waals surface area (Å²) < 4.78 is 32.6. The Labute approximate surface area is 116 Å². The Kier molecular flexibility index (Phi) is 3.56. The summed E-state index contributed by atoms with van der Waals surface area (Å²) in [6.45, 7) is 2.68. The highest BCUT2D eigenvalue weighted by atomic mass is 19.1. The van der Waals surface area contributed by atoms with Gasteiger partial charge in [-0.05, 0) is 18.6 Å². The second kappa shape index (κ2) is 5.36. The number of hydrogen-bond donors (Lipinski definition) is 1. The van der Waals surface area contributed by atoms with Gasteiger partial charge in [-0.1, -0.05) is 6.07 Å². The smallest absolute Gasteiger partial charge is 0.191 e. The van der Waals surface area contributed by atoms with E-state index in [2.05, 4.69) is 4.99 Å². The number of morpholine rings is 1. The van der Waals surface area contributed by atoms with Crippen molar-refractivity contribution in [2.45, 2.75) is 18.4 Å². The van der Waals surface area contributed by atoms with Gasteiger partial charge in [0.15, 0.2) is 5.96 Å². The molecule has 0 spiro atoms. The summed E-state index contributed by atoms with van der Waals surface area (Å²) in [6.07, 6.45) is 0.642. The van der Waals surface area contributed by atoms with E-state index in [9.17, 15) is 8.78 Å². The molecule has 0 unspecified atom stereocenters. The molecule has 108 valence electrons. The minimum atomic E-state index is -0.502. The zero-order valence-electron chi connectivity index (χ0n) is 11.1. The van der Waals surface area contributed by atoms with Crippen molar-refractivity contribution in [3.63, 3.8) is 0 Å². The molecule has 2 aliphatic rings. The van der Waals surface area contributed by atoms with Crippen LogP contribution < -0.4 is 5.73 Å². The molecule has 1 aromatic carbocycles. The molecule has 20 heavy (non-hydrogen) atoms. The van der Waals surface area contributed by atoms with Gasteiger partial charge in [0, 0.05) is 24.6 Å². The van der Waals surface area contributed by atoms with E-state index in [4.69, 9.17) is 10.5 Å². The third-order valence-electron chi connectivity index (χ3n) is 3.76. The number of hydrogen-bond acceptors (Lipinski definition) is 2. The number of benzene rings is 1. The van der Waals surface area contributed by atoms with Crippen molar-refractivity contribution in [3.8, 4) is 0 Å². The van der Waals surface area contributed by atoms with Crippen LogP contribution in [0.3, 0.4) is 0 Å². The Bertz CT molecular complexity index is 509. The summed E-state index contributed by atoms with van der Waals surface area (Å²) in [5, 5.41) is 0. The maximum absolute atomic E-state index is 13.7. The van der Waals surface area contributed by atoms with Gasteiger partial charge in [0.1, 0.15) is 11.6 Å². The van der Waals surface area contributed by atoms with Crippen LogP contribution in [0.1, 0.15) is 17.9 Å². The molecule has 1 aromatic rings. The summed E-state index contributed by atoms with van der Waals surface area (Å²) in [6, 6.07) is 3.81. The standard InChI is InChI=1S/C14H17F2N3O/c15-10-2-1-3-11(16)13(10)9-8-12(9)18-14(17)19-4-6-20-7-5-19/h1-3,9,12H,4-8H2,(H2,17,18)/t9-,12-/m1/s1. The number of guanidine groups is 1. The van der Waals surface area contributed by atoms with E-state index in [1.807, 2.05) is 4.90 Å². The summed E-state index contributed by atoms with van der Waals surface area (Å²) in [5.41, 5.74) is 6.07. The molecule has 1 aliphatic heterocycles. The monoisotopic (exact) mass is 281 g/mol. The fraction of sp³-hybridized carbons (Fsp3) is 0.500. The molecule has 3 rings (SSSR count). The maximum Gasteiger partial charge on any atom is 0.191 e. The Morgan fingerprint density at radius 2 is 1.90 bits per heavy atom. The second-order valence-corrected chi connectivity index (χ2v) is 5.13. The van der Waals surface area contributed by atoms with Crippen molar-refractivity contribution in [3.05, 3.63) is 35.4 Å². The SMILES string of the molecule is NC(=N[C@@H]1C[C@H]1c1c(F)cccc1F)N1CCOCC1. The molecule has 2 atom stereocenters. The third-order valence-corrected chi connectivity index (χ3v) is 3.76. The molecule has 4 nitrogen and oxygen atoms in total. The van der Waals surface area contributed by atoms with Gasteiger partial charge in [0.05, 0.1) is 19.3 Å². The molecule has 0 radical (unpaired) electrons. The number of nitrogens with zero attached hydrogens (tertiary/aromatic N) is 2. The third kappa shape index (κ3) is 2.60. The van der Waals surface area contributed by atoms with Crippen LogP contribution in [0.15, 0.2) is 23.2 Å². The molecular weight excluding hydrogens is 264 g/mol. The van der Waals surface area contributed by atoms with E-state index in [0.717, 1.165) is 0 Å². The van der Waals surface area contributed by atoms with Gasteiger partial charge in [-0.25, -0.2) is 13.8 Å². The minimum absolute atomic E-state index is 0.121. The quantitative estimate of drug-likeness (QED) is 0.659. The summed E-state index contributed by atoms with van der Waals surface area (Å²) in [4.78, 5) is 6.32. The van der Waals surface area contributed by atoms with Crippen molar-refractivity contribution in [2.24, 2.45) is 10.7 Å². The highest BCUT2D eigenvalue weighted by Gasteiger charge is 2.42. The van der Waals surface area contributed by atoms with Crippen LogP contribution in [-0.2, 0) is 4.74 Å². The first-order valence-corrected chi connectivity index (χ1v) is 6.76. The average molecular weight is 281 g/mol. The lowest BCUT2D eigenvalue weighted by molar-refractivity contribution is 0.0674. The molecular formula is C14H17F2N3O. The van der Waals surface area contributed by atoms with Crippen LogP contribution in [-0.4, -0.2) is 43.2 Å². The predicted molar refractivity (Wildman–Crippen MR) is 71.5 cm³/mol. The molecule has 2 N–H and O–H groups in total. The second-order valence-electron chi connectivity index (χ2n) is 5.13. The summed E-state index contributed by atoms with van der Waals surface area (Å²) >= 11 is 0. The molecule has 1 saturated carbocycles. The van der Waals surface area contributed by atoms with E-state index in [-0.39, 0.29) is 17.5 Å². The van der Waals surface area contributed by atoms with E-state index in [1.54, 1.807) is 0 Å². The topological polar surface area (TPSA) is 50.8 Å². The number of aliphatic imine (C=N–C) groups is 1. The van der Waals surface area contributed by atoms with Crippen molar-refractivity contribution >= 4 is 5.96 Å². The fourth-order valence-corrected chi connectivity index (χ4v) is 2.54. The predicted octanol–water partition coefficient (Wildman–Crippen LogP) is 1.47. The van der Waals surface area contributed by atoms with Crippen LogP contribution in [0.25, 0.3) is 0 Å². The average Bonchev–Trinajstić information content (AvgIpc) is 3.18. The van der Waals surface area contributed by atoms with Gasteiger partial charge < -0.3 is 15.4 Å². The van der Waals surface area contributed by atoms with Gasteiger partial charge in [-0.3, -0.25) is 0 Å². The first kappa shape index (κ1) is 13.3. The van der Waals surface area contributed by atoms with Crippen LogP contribution >= 0.6 is 0 Å². The largest absolute Gasteiger partial charge is 0.378 e. The lowest BCUT2D eigenvalue weighted by atomic mass is 10.1. The number of ether oxygens (including phenoxy) is 1. The number of halogens is 2. The van der Waals surface area contributed by atoms with Crippen LogP contribution in [0.5, 0.6) is 0 Å². The zero-order chi connectivity index (χ0) is 14.1. The van der Waals surface area contributed by atoms with Crippen molar-refractivity contribution in [1.29, 1.82) is 0 Å². The molecule has 2 fully saturated rings. The fourth-order valence-electron chi connectivity index (χ4n) is 2.54. The minimum Gasteiger partial charge on any atom is -0.378 e.